The van der Waals surface area contributed by atoms with Crippen LogP contribution in [0.2, 0.25) is 0 Å². The maximum atomic E-state index is 12.1. The average molecular weight is 383 g/mol. The third kappa shape index (κ3) is 4.18. The van der Waals surface area contributed by atoms with Crippen LogP contribution in [0.3, 0.4) is 0 Å². The van der Waals surface area contributed by atoms with Crippen molar-refractivity contribution in [2.24, 2.45) is 5.92 Å². The lowest BCUT2D eigenvalue weighted by Crippen LogP contribution is -2.41. The fourth-order valence-electron chi connectivity index (χ4n) is 1.50. The molecule has 0 bridgehead atoms. The molecule has 0 fully saturated rings. The topological polar surface area (TPSA) is 66.4 Å². The largest absolute Gasteiger partial charge is 0.395 e. The smallest absolute Gasteiger partial charge is 0.240 e. The Morgan fingerprint density at radius 3 is 2.33 bits per heavy atom. The second kappa shape index (κ2) is 6.83. The fraction of sp³-hybridized carbons (Fsp3) is 0.500. The molecule has 0 unspecified atom stereocenters. The maximum Gasteiger partial charge on any atom is 0.240 e. The Morgan fingerprint density at radius 2 is 1.89 bits per heavy atom. The molecule has 2 atom stereocenters. The number of aliphatic hydroxyl groups excluding tert-OH is 1. The first-order valence-corrected chi connectivity index (χ1v) is 8.35. The van der Waals surface area contributed by atoms with Gasteiger partial charge < -0.3 is 5.11 Å². The van der Waals surface area contributed by atoms with Gasteiger partial charge in [0.05, 0.1) is 11.5 Å². The minimum atomic E-state index is -3.56. The number of benzene rings is 1. The summed E-state index contributed by atoms with van der Waals surface area (Å²) in [5.74, 6) is 0.0913. The van der Waals surface area contributed by atoms with Gasteiger partial charge in [-0.3, -0.25) is 0 Å². The molecule has 1 aromatic carbocycles. The molecule has 1 aromatic rings. The molecule has 2 N–H and O–H groups in total. The zero-order chi connectivity index (χ0) is 13.8. The Hall–Kier alpha value is -0.180. The van der Waals surface area contributed by atoms with Crippen molar-refractivity contribution in [2.75, 3.05) is 6.61 Å². The van der Waals surface area contributed by atoms with E-state index in [1.165, 1.54) is 0 Å². The maximum absolute atomic E-state index is 12.1. The lowest BCUT2D eigenvalue weighted by atomic mass is 10.0. The van der Waals surface area contributed by atoms with Crippen LogP contribution in [0.1, 0.15) is 20.3 Å². The molecule has 6 heteroatoms. The summed E-state index contributed by atoms with van der Waals surface area (Å²) in [6.07, 6.45) is 0.806. The highest BCUT2D eigenvalue weighted by Crippen LogP contribution is 2.15. The summed E-state index contributed by atoms with van der Waals surface area (Å²) in [5.41, 5.74) is 0. The molecule has 0 amide bonds. The van der Waals surface area contributed by atoms with E-state index in [9.17, 15) is 13.5 Å². The standard InChI is InChI=1S/C12H18INO3S/c1-3-9(2)12(8-15)14-18(16,17)11-6-4-10(13)5-7-11/h4-7,9,12,14-15H,3,8H2,1-2H3/t9-,12+/m0/s1. The number of halogens is 1. The van der Waals surface area contributed by atoms with Gasteiger partial charge in [-0.1, -0.05) is 20.3 Å². The van der Waals surface area contributed by atoms with Crippen molar-refractivity contribution in [3.63, 3.8) is 0 Å². The second-order valence-corrected chi connectivity index (χ2v) is 7.21. The summed E-state index contributed by atoms with van der Waals surface area (Å²) in [4.78, 5) is 0.227. The molecular formula is C12H18INO3S. The van der Waals surface area contributed by atoms with Gasteiger partial charge in [-0.2, -0.15) is 0 Å². The van der Waals surface area contributed by atoms with Gasteiger partial charge in [0.15, 0.2) is 0 Å². The highest BCUT2D eigenvalue weighted by Gasteiger charge is 2.22. The van der Waals surface area contributed by atoms with E-state index < -0.39 is 16.1 Å². The first-order valence-electron chi connectivity index (χ1n) is 5.79. The van der Waals surface area contributed by atoms with Crippen LogP contribution in [0, 0.1) is 9.49 Å². The van der Waals surface area contributed by atoms with Gasteiger partial charge in [0.1, 0.15) is 0 Å². The minimum Gasteiger partial charge on any atom is -0.395 e. The van der Waals surface area contributed by atoms with Crippen molar-refractivity contribution in [1.82, 2.24) is 4.72 Å². The van der Waals surface area contributed by atoms with E-state index in [0.29, 0.717) is 0 Å². The Bertz CT molecular complexity index is 473. The second-order valence-electron chi connectivity index (χ2n) is 4.25. The molecule has 18 heavy (non-hydrogen) atoms. The third-order valence-corrected chi connectivity index (χ3v) is 5.18. The van der Waals surface area contributed by atoms with Crippen molar-refractivity contribution >= 4 is 32.6 Å². The van der Waals surface area contributed by atoms with E-state index in [1.54, 1.807) is 24.3 Å². The van der Waals surface area contributed by atoms with Crippen LogP contribution >= 0.6 is 22.6 Å². The van der Waals surface area contributed by atoms with Gasteiger partial charge in [-0.05, 0) is 52.8 Å². The first-order chi connectivity index (χ1) is 8.40. The summed E-state index contributed by atoms with van der Waals surface area (Å²) in [7, 11) is -3.56. The lowest BCUT2D eigenvalue weighted by Gasteiger charge is -2.21. The predicted molar refractivity (Wildman–Crippen MR) is 79.8 cm³/mol. The number of nitrogens with one attached hydrogen (secondary N) is 1. The molecule has 102 valence electrons. The molecule has 0 aliphatic rings. The highest BCUT2D eigenvalue weighted by atomic mass is 127. The van der Waals surface area contributed by atoms with Gasteiger partial charge in [-0.25, -0.2) is 13.1 Å². The molecule has 0 radical (unpaired) electrons. The fourth-order valence-corrected chi connectivity index (χ4v) is 3.19. The summed E-state index contributed by atoms with van der Waals surface area (Å²) >= 11 is 2.12. The van der Waals surface area contributed by atoms with Crippen molar-refractivity contribution in [3.05, 3.63) is 27.8 Å². The van der Waals surface area contributed by atoms with Crippen LogP contribution in [0.5, 0.6) is 0 Å². The molecule has 0 spiro atoms. The van der Waals surface area contributed by atoms with E-state index >= 15 is 0 Å². The van der Waals surface area contributed by atoms with E-state index in [-0.39, 0.29) is 17.4 Å². The summed E-state index contributed by atoms with van der Waals surface area (Å²) in [5, 5.41) is 9.25. The molecule has 0 heterocycles. The number of rotatable bonds is 6. The average Bonchev–Trinajstić information content (AvgIpc) is 2.35. The molecule has 0 saturated carbocycles. The molecule has 0 aromatic heterocycles. The van der Waals surface area contributed by atoms with Crippen LogP contribution < -0.4 is 4.72 Å². The molecule has 0 aliphatic carbocycles. The number of hydrogen-bond acceptors (Lipinski definition) is 3. The third-order valence-electron chi connectivity index (χ3n) is 2.96. The quantitative estimate of drug-likeness (QED) is 0.739. The van der Waals surface area contributed by atoms with Gasteiger partial charge in [0.25, 0.3) is 0 Å². The number of aliphatic hydroxyl groups is 1. The summed E-state index contributed by atoms with van der Waals surface area (Å²) in [6.45, 7) is 3.68. The van der Waals surface area contributed by atoms with Crippen molar-refractivity contribution in [3.8, 4) is 0 Å². The van der Waals surface area contributed by atoms with Gasteiger partial charge in [-0.15, -0.1) is 0 Å². The summed E-state index contributed by atoms with van der Waals surface area (Å²) in [6, 6.07) is 6.17. The Morgan fingerprint density at radius 1 is 1.33 bits per heavy atom. The van der Waals surface area contributed by atoms with Crippen molar-refractivity contribution in [1.29, 1.82) is 0 Å². The Kier molecular flexibility index (Phi) is 6.03. The van der Waals surface area contributed by atoms with E-state index in [2.05, 4.69) is 27.3 Å². The van der Waals surface area contributed by atoms with Crippen LogP contribution in [-0.2, 0) is 10.0 Å². The SMILES string of the molecule is CC[C@H](C)[C@@H](CO)NS(=O)(=O)c1ccc(I)cc1. The predicted octanol–water partition coefficient (Wildman–Crippen LogP) is 1.98. The zero-order valence-corrected chi connectivity index (χ0v) is 13.4. The van der Waals surface area contributed by atoms with Gasteiger partial charge in [0, 0.05) is 9.61 Å². The first kappa shape index (κ1) is 15.9. The lowest BCUT2D eigenvalue weighted by molar-refractivity contribution is 0.219. The van der Waals surface area contributed by atoms with Crippen LogP contribution in [0.15, 0.2) is 29.2 Å². The minimum absolute atomic E-state index is 0.0913. The normalized spacial score (nSPS) is 15.3. The molecule has 0 saturated heterocycles. The van der Waals surface area contributed by atoms with E-state index in [0.717, 1.165) is 9.99 Å². The van der Waals surface area contributed by atoms with E-state index in [1.807, 2.05) is 13.8 Å². The number of sulfonamides is 1. The van der Waals surface area contributed by atoms with Crippen LogP contribution in [0.4, 0.5) is 0 Å². The van der Waals surface area contributed by atoms with Gasteiger partial charge >= 0.3 is 0 Å². The van der Waals surface area contributed by atoms with Gasteiger partial charge in [0.2, 0.25) is 10.0 Å². The van der Waals surface area contributed by atoms with E-state index in [4.69, 9.17) is 0 Å². The molecule has 1 rings (SSSR count). The molecule has 4 nitrogen and oxygen atoms in total. The van der Waals surface area contributed by atoms with Crippen molar-refractivity contribution < 1.29 is 13.5 Å². The van der Waals surface area contributed by atoms with Crippen LogP contribution in [0.25, 0.3) is 0 Å². The van der Waals surface area contributed by atoms with Crippen LogP contribution in [-0.4, -0.2) is 26.2 Å². The molecule has 0 aliphatic heterocycles. The summed E-state index contributed by atoms with van der Waals surface area (Å²) < 4.78 is 27.7. The highest BCUT2D eigenvalue weighted by molar-refractivity contribution is 14.1. The Labute approximate surface area is 122 Å². The monoisotopic (exact) mass is 383 g/mol. The Balaban J connectivity index is 2.90. The molecular weight excluding hydrogens is 365 g/mol. The number of hydrogen-bond donors (Lipinski definition) is 2. The zero-order valence-electron chi connectivity index (χ0n) is 10.4. The van der Waals surface area contributed by atoms with Crippen molar-refractivity contribution in [2.45, 2.75) is 31.2 Å².